The van der Waals surface area contributed by atoms with Crippen LogP contribution in [0.4, 0.5) is 0 Å². The summed E-state index contributed by atoms with van der Waals surface area (Å²) in [5.41, 5.74) is -0.439. The molecule has 1 aliphatic carbocycles. The van der Waals surface area contributed by atoms with Gasteiger partial charge in [-0.1, -0.05) is 27.2 Å². The molecule has 0 heterocycles. The summed E-state index contributed by atoms with van der Waals surface area (Å²) in [6, 6.07) is 0. The molecule has 0 aromatic heterocycles. The lowest BCUT2D eigenvalue weighted by molar-refractivity contribution is -0.0726. The first kappa shape index (κ1) is 14.0. The van der Waals surface area contributed by atoms with E-state index in [1.54, 1.807) is 7.11 Å². The lowest BCUT2D eigenvalue weighted by atomic mass is 9.68. The maximum Gasteiger partial charge on any atom is 0.0676 e. The topological polar surface area (TPSA) is 29.5 Å². The lowest BCUT2D eigenvalue weighted by Gasteiger charge is -2.42. The van der Waals surface area contributed by atoms with Gasteiger partial charge in [-0.25, -0.2) is 0 Å². The summed E-state index contributed by atoms with van der Waals surface area (Å²) in [7, 11) is 1.73. The zero-order chi connectivity index (χ0) is 12.2. The molecule has 1 aliphatic rings. The van der Waals surface area contributed by atoms with E-state index >= 15 is 0 Å². The van der Waals surface area contributed by atoms with E-state index in [-0.39, 0.29) is 0 Å². The molecule has 0 aromatic carbocycles. The number of methoxy groups -OCH3 is 1. The van der Waals surface area contributed by atoms with Crippen molar-refractivity contribution in [3.05, 3.63) is 0 Å². The van der Waals surface area contributed by atoms with Crippen LogP contribution >= 0.6 is 0 Å². The summed E-state index contributed by atoms with van der Waals surface area (Å²) in [5, 5.41) is 10.7. The molecule has 3 atom stereocenters. The second kappa shape index (κ2) is 6.02. The standard InChI is InChI=1S/C14H28O2/c1-11(2)13-6-5-8-14(15,10-13)12(3)7-9-16-4/h11-13,15H,5-10H2,1-4H3. The van der Waals surface area contributed by atoms with Gasteiger partial charge in [-0.15, -0.1) is 0 Å². The molecule has 0 radical (unpaired) electrons. The summed E-state index contributed by atoms with van der Waals surface area (Å²) in [5.74, 6) is 1.75. The number of ether oxygens (including phenoxy) is 1. The first-order chi connectivity index (χ1) is 7.49. The summed E-state index contributed by atoms with van der Waals surface area (Å²) in [4.78, 5) is 0. The van der Waals surface area contributed by atoms with Crippen molar-refractivity contribution in [2.75, 3.05) is 13.7 Å². The van der Waals surface area contributed by atoms with Gasteiger partial charge in [-0.05, 0) is 43.4 Å². The minimum Gasteiger partial charge on any atom is -0.390 e. The van der Waals surface area contributed by atoms with Crippen molar-refractivity contribution in [2.45, 2.75) is 58.5 Å². The van der Waals surface area contributed by atoms with Gasteiger partial charge in [0.2, 0.25) is 0 Å². The smallest absolute Gasteiger partial charge is 0.0676 e. The van der Waals surface area contributed by atoms with E-state index in [1.807, 2.05) is 0 Å². The molecule has 0 bridgehead atoms. The van der Waals surface area contributed by atoms with Crippen LogP contribution in [0.5, 0.6) is 0 Å². The second-order valence-electron chi connectivity index (χ2n) is 5.89. The molecule has 1 saturated carbocycles. The third-order valence-electron chi connectivity index (χ3n) is 4.42. The quantitative estimate of drug-likeness (QED) is 0.783. The predicted molar refractivity (Wildman–Crippen MR) is 67.4 cm³/mol. The molecule has 1 N–H and O–H groups in total. The SMILES string of the molecule is COCCC(C)C1(O)CCCC(C(C)C)C1. The number of hydrogen-bond acceptors (Lipinski definition) is 2. The molecular weight excluding hydrogens is 200 g/mol. The minimum absolute atomic E-state index is 0.356. The highest BCUT2D eigenvalue weighted by atomic mass is 16.5. The van der Waals surface area contributed by atoms with Crippen LogP contribution in [0.15, 0.2) is 0 Å². The van der Waals surface area contributed by atoms with Gasteiger partial charge in [0.15, 0.2) is 0 Å². The van der Waals surface area contributed by atoms with Crippen molar-refractivity contribution < 1.29 is 9.84 Å². The van der Waals surface area contributed by atoms with Crippen molar-refractivity contribution in [1.29, 1.82) is 0 Å². The van der Waals surface area contributed by atoms with Crippen molar-refractivity contribution in [1.82, 2.24) is 0 Å². The zero-order valence-electron chi connectivity index (χ0n) is 11.3. The van der Waals surface area contributed by atoms with E-state index in [0.717, 1.165) is 25.9 Å². The van der Waals surface area contributed by atoms with Crippen LogP contribution in [0.2, 0.25) is 0 Å². The van der Waals surface area contributed by atoms with Crippen LogP contribution in [0, 0.1) is 17.8 Å². The lowest BCUT2D eigenvalue weighted by Crippen LogP contribution is -2.42. The van der Waals surface area contributed by atoms with Crippen LogP contribution < -0.4 is 0 Å². The normalized spacial score (nSPS) is 33.0. The van der Waals surface area contributed by atoms with E-state index in [2.05, 4.69) is 20.8 Å². The molecule has 2 nitrogen and oxygen atoms in total. The number of rotatable bonds is 5. The van der Waals surface area contributed by atoms with Gasteiger partial charge >= 0.3 is 0 Å². The van der Waals surface area contributed by atoms with E-state index in [4.69, 9.17) is 4.74 Å². The van der Waals surface area contributed by atoms with E-state index in [0.29, 0.717) is 17.8 Å². The first-order valence-electron chi connectivity index (χ1n) is 6.71. The Morgan fingerprint density at radius 3 is 2.62 bits per heavy atom. The fourth-order valence-corrected chi connectivity index (χ4v) is 2.91. The summed E-state index contributed by atoms with van der Waals surface area (Å²) in [6.45, 7) is 7.48. The third-order valence-corrected chi connectivity index (χ3v) is 4.42. The van der Waals surface area contributed by atoms with Crippen LogP contribution in [0.25, 0.3) is 0 Å². The van der Waals surface area contributed by atoms with Gasteiger partial charge in [0.25, 0.3) is 0 Å². The first-order valence-corrected chi connectivity index (χ1v) is 6.71. The van der Waals surface area contributed by atoms with Crippen LogP contribution in [-0.2, 0) is 4.74 Å². The van der Waals surface area contributed by atoms with Gasteiger partial charge in [-0.2, -0.15) is 0 Å². The Labute approximate surface area is 100 Å². The highest BCUT2D eigenvalue weighted by molar-refractivity contribution is 4.91. The predicted octanol–water partition coefficient (Wildman–Crippen LogP) is 3.24. The Hall–Kier alpha value is -0.0800. The second-order valence-corrected chi connectivity index (χ2v) is 5.89. The molecule has 3 unspecified atom stereocenters. The molecule has 1 rings (SSSR count). The van der Waals surface area contributed by atoms with E-state index in [1.165, 1.54) is 12.8 Å². The molecule has 2 heteroatoms. The van der Waals surface area contributed by atoms with E-state index < -0.39 is 5.60 Å². The van der Waals surface area contributed by atoms with Gasteiger partial charge in [-0.3, -0.25) is 0 Å². The molecule has 0 spiro atoms. The molecule has 0 aromatic rings. The monoisotopic (exact) mass is 228 g/mol. The van der Waals surface area contributed by atoms with Gasteiger partial charge < -0.3 is 9.84 Å². The van der Waals surface area contributed by atoms with Crippen LogP contribution in [0.1, 0.15) is 52.9 Å². The minimum atomic E-state index is -0.439. The molecule has 96 valence electrons. The van der Waals surface area contributed by atoms with Crippen molar-refractivity contribution in [2.24, 2.45) is 17.8 Å². The van der Waals surface area contributed by atoms with E-state index in [9.17, 15) is 5.11 Å². The Balaban J connectivity index is 2.54. The maximum atomic E-state index is 10.7. The average molecular weight is 228 g/mol. The number of hydrogen-bond donors (Lipinski definition) is 1. The summed E-state index contributed by atoms with van der Waals surface area (Å²) >= 11 is 0. The van der Waals surface area contributed by atoms with Crippen molar-refractivity contribution >= 4 is 0 Å². The van der Waals surface area contributed by atoms with Crippen molar-refractivity contribution in [3.8, 4) is 0 Å². The molecule has 0 amide bonds. The Bertz CT molecular complexity index is 203. The van der Waals surface area contributed by atoms with Gasteiger partial charge in [0.1, 0.15) is 0 Å². The third kappa shape index (κ3) is 3.46. The van der Waals surface area contributed by atoms with Gasteiger partial charge in [0, 0.05) is 13.7 Å². The van der Waals surface area contributed by atoms with Crippen LogP contribution in [-0.4, -0.2) is 24.4 Å². The fraction of sp³-hybridized carbons (Fsp3) is 1.00. The maximum absolute atomic E-state index is 10.7. The molecule has 0 aliphatic heterocycles. The fourth-order valence-electron chi connectivity index (χ4n) is 2.91. The molecule has 16 heavy (non-hydrogen) atoms. The Morgan fingerprint density at radius 1 is 1.38 bits per heavy atom. The summed E-state index contributed by atoms with van der Waals surface area (Å²) in [6.07, 6.45) is 5.39. The Kier molecular flexibility index (Phi) is 5.26. The highest BCUT2D eigenvalue weighted by Gasteiger charge is 2.39. The molecule has 0 saturated heterocycles. The van der Waals surface area contributed by atoms with Gasteiger partial charge in [0.05, 0.1) is 5.60 Å². The molecule has 1 fully saturated rings. The zero-order valence-corrected chi connectivity index (χ0v) is 11.3. The number of aliphatic hydroxyl groups is 1. The largest absolute Gasteiger partial charge is 0.390 e. The highest BCUT2D eigenvalue weighted by Crippen LogP contribution is 2.41. The Morgan fingerprint density at radius 2 is 2.06 bits per heavy atom. The summed E-state index contributed by atoms with van der Waals surface area (Å²) < 4.78 is 5.11. The van der Waals surface area contributed by atoms with Crippen LogP contribution in [0.3, 0.4) is 0 Å². The average Bonchev–Trinajstić information content (AvgIpc) is 2.25. The van der Waals surface area contributed by atoms with Crippen molar-refractivity contribution in [3.63, 3.8) is 0 Å². The molecular formula is C14H28O2.